The lowest BCUT2D eigenvalue weighted by atomic mass is 10.1. The fraction of sp³-hybridized carbons (Fsp3) is 0.333. The van der Waals surface area contributed by atoms with Gasteiger partial charge in [0.1, 0.15) is 4.83 Å². The second-order valence-electron chi connectivity index (χ2n) is 8.24. The Bertz CT molecular complexity index is 1240. The van der Waals surface area contributed by atoms with Crippen LogP contribution in [-0.4, -0.2) is 39.7 Å². The van der Waals surface area contributed by atoms with Crippen LogP contribution in [0, 0.1) is 6.92 Å². The molecule has 3 aromatic heterocycles. The topological polar surface area (TPSA) is 50.2 Å². The molecule has 0 radical (unpaired) electrons. The Morgan fingerprint density at radius 2 is 1.97 bits per heavy atom. The molecule has 0 aliphatic carbocycles. The van der Waals surface area contributed by atoms with Gasteiger partial charge >= 0.3 is 0 Å². The number of nitrogens with one attached hydrogen (secondary N) is 1. The third-order valence-electron chi connectivity index (χ3n) is 6.05. The van der Waals surface area contributed by atoms with E-state index in [-0.39, 0.29) is 18.0 Å². The van der Waals surface area contributed by atoms with Crippen molar-refractivity contribution in [2.45, 2.75) is 38.8 Å². The van der Waals surface area contributed by atoms with Crippen LogP contribution in [-0.2, 0) is 0 Å². The summed E-state index contributed by atoms with van der Waals surface area (Å²) in [5.74, 6) is -0.0374. The van der Waals surface area contributed by atoms with E-state index in [0.717, 1.165) is 34.7 Å². The first-order chi connectivity index (χ1) is 15.5. The van der Waals surface area contributed by atoms with E-state index in [1.54, 1.807) is 11.3 Å². The van der Waals surface area contributed by atoms with Gasteiger partial charge in [-0.15, -0.1) is 22.7 Å². The SMILES string of the molecule is Cc1nn(-c2ccccc2Cl)c2sc(C(=O)N[C@@H](C)[C@@H](c3cccs3)N3CCCC3)cc12. The molecule has 1 aromatic carbocycles. The van der Waals surface area contributed by atoms with Crippen LogP contribution in [0.15, 0.2) is 47.8 Å². The number of carbonyl (C=O) groups is 1. The third-order valence-corrected chi connectivity index (χ3v) is 8.42. The Hall–Kier alpha value is -2.19. The molecule has 1 saturated heterocycles. The second kappa shape index (κ2) is 8.98. The van der Waals surface area contributed by atoms with Crippen LogP contribution in [0.3, 0.4) is 0 Å². The minimum absolute atomic E-state index is 0.00521. The molecule has 1 aliphatic rings. The van der Waals surface area contributed by atoms with Crippen molar-refractivity contribution < 1.29 is 4.79 Å². The Morgan fingerprint density at radius 3 is 2.69 bits per heavy atom. The van der Waals surface area contributed by atoms with Gasteiger partial charge in [-0.3, -0.25) is 9.69 Å². The van der Waals surface area contributed by atoms with Crippen molar-refractivity contribution in [1.29, 1.82) is 0 Å². The quantitative estimate of drug-likeness (QED) is 0.361. The molecule has 4 aromatic rings. The number of aromatic nitrogens is 2. The van der Waals surface area contributed by atoms with E-state index in [9.17, 15) is 4.79 Å². The molecule has 32 heavy (non-hydrogen) atoms. The number of hydrogen-bond donors (Lipinski definition) is 1. The summed E-state index contributed by atoms with van der Waals surface area (Å²) in [5.41, 5.74) is 1.71. The minimum Gasteiger partial charge on any atom is -0.347 e. The van der Waals surface area contributed by atoms with Gasteiger partial charge in [-0.2, -0.15) is 5.10 Å². The van der Waals surface area contributed by atoms with Gasteiger partial charge in [0, 0.05) is 16.3 Å². The molecule has 1 amide bonds. The predicted molar refractivity (Wildman–Crippen MR) is 133 cm³/mol. The average Bonchev–Trinajstić information content (AvgIpc) is 3.56. The van der Waals surface area contributed by atoms with Gasteiger partial charge < -0.3 is 5.32 Å². The minimum atomic E-state index is -0.0374. The summed E-state index contributed by atoms with van der Waals surface area (Å²) in [5, 5.41) is 11.7. The summed E-state index contributed by atoms with van der Waals surface area (Å²) in [7, 11) is 0. The first-order valence-electron chi connectivity index (χ1n) is 10.9. The van der Waals surface area contributed by atoms with Gasteiger partial charge in [0.25, 0.3) is 5.91 Å². The zero-order valence-electron chi connectivity index (χ0n) is 18.0. The van der Waals surface area contributed by atoms with Crippen molar-refractivity contribution in [2.24, 2.45) is 0 Å². The molecule has 8 heteroatoms. The highest BCUT2D eigenvalue weighted by Crippen LogP contribution is 2.34. The zero-order chi connectivity index (χ0) is 22.2. The first kappa shape index (κ1) is 21.6. The summed E-state index contributed by atoms with van der Waals surface area (Å²) in [6, 6.07) is 14.1. The van der Waals surface area contributed by atoms with Gasteiger partial charge in [0.2, 0.25) is 0 Å². The number of hydrogen-bond acceptors (Lipinski definition) is 5. The number of thiophene rings is 2. The largest absolute Gasteiger partial charge is 0.347 e. The number of carbonyl (C=O) groups excluding carboxylic acids is 1. The molecule has 0 saturated carbocycles. The van der Waals surface area contributed by atoms with Crippen LogP contribution in [0.25, 0.3) is 15.9 Å². The van der Waals surface area contributed by atoms with Crippen LogP contribution < -0.4 is 5.32 Å². The normalized spacial score (nSPS) is 16.5. The number of para-hydroxylation sites is 1. The summed E-state index contributed by atoms with van der Waals surface area (Å²) in [6.45, 7) is 6.24. The standard InChI is InChI=1S/C24H25ClN4OS2/c1-15-17-14-21(32-24(17)29(27-15)19-9-4-3-8-18(19)25)23(30)26-16(2)22(20-10-7-13-31-20)28-11-5-6-12-28/h3-4,7-10,13-14,16,22H,5-6,11-12H2,1-2H3,(H,26,30)/t16-,22-/m0/s1. The van der Waals surface area contributed by atoms with E-state index in [1.165, 1.54) is 29.1 Å². The van der Waals surface area contributed by atoms with Gasteiger partial charge in [0.15, 0.2) is 0 Å². The van der Waals surface area contributed by atoms with Crippen molar-refractivity contribution in [3.05, 3.63) is 68.3 Å². The Kier molecular flexibility index (Phi) is 6.07. The molecule has 0 bridgehead atoms. The number of rotatable bonds is 6. The summed E-state index contributed by atoms with van der Waals surface area (Å²) >= 11 is 9.63. The lowest BCUT2D eigenvalue weighted by molar-refractivity contribution is 0.0912. The molecule has 4 heterocycles. The molecular formula is C24H25ClN4OS2. The summed E-state index contributed by atoms with van der Waals surface area (Å²) in [4.78, 5) is 18.7. The number of fused-ring (bicyclic) bond motifs is 1. The molecule has 1 fully saturated rings. The van der Waals surface area contributed by atoms with E-state index in [0.29, 0.717) is 9.90 Å². The number of likely N-dealkylation sites (tertiary alicyclic amines) is 1. The maximum absolute atomic E-state index is 13.3. The summed E-state index contributed by atoms with van der Waals surface area (Å²) < 4.78 is 1.84. The van der Waals surface area contributed by atoms with Gasteiger partial charge in [-0.25, -0.2) is 4.68 Å². The smallest absolute Gasteiger partial charge is 0.261 e. The van der Waals surface area contributed by atoms with E-state index < -0.39 is 0 Å². The highest BCUT2D eigenvalue weighted by atomic mass is 35.5. The van der Waals surface area contributed by atoms with Crippen molar-refractivity contribution in [1.82, 2.24) is 20.0 Å². The van der Waals surface area contributed by atoms with E-state index in [2.05, 4.69) is 39.8 Å². The molecule has 5 nitrogen and oxygen atoms in total. The monoisotopic (exact) mass is 484 g/mol. The Balaban J connectivity index is 1.42. The zero-order valence-corrected chi connectivity index (χ0v) is 20.4. The van der Waals surface area contributed by atoms with E-state index >= 15 is 0 Å². The Morgan fingerprint density at radius 1 is 1.19 bits per heavy atom. The fourth-order valence-corrected chi connectivity index (χ4v) is 6.78. The highest BCUT2D eigenvalue weighted by molar-refractivity contribution is 7.20. The number of benzene rings is 1. The first-order valence-corrected chi connectivity index (χ1v) is 12.9. The van der Waals surface area contributed by atoms with E-state index in [4.69, 9.17) is 11.6 Å². The van der Waals surface area contributed by atoms with Crippen LogP contribution >= 0.6 is 34.3 Å². The lowest BCUT2D eigenvalue weighted by Crippen LogP contribution is -2.43. The molecule has 0 spiro atoms. The Labute approximate surface area is 200 Å². The van der Waals surface area contributed by atoms with Crippen molar-refractivity contribution in [3.63, 3.8) is 0 Å². The molecule has 5 rings (SSSR count). The molecule has 1 N–H and O–H groups in total. The molecule has 2 atom stereocenters. The molecule has 166 valence electrons. The van der Waals surface area contributed by atoms with Gasteiger partial charge in [0.05, 0.1) is 27.3 Å². The average molecular weight is 485 g/mol. The number of halogens is 1. The van der Waals surface area contributed by atoms with E-state index in [1.807, 2.05) is 41.9 Å². The molecule has 1 aliphatic heterocycles. The van der Waals surface area contributed by atoms with Crippen LogP contribution in [0.4, 0.5) is 0 Å². The predicted octanol–water partition coefficient (Wildman–Crippen LogP) is 6.07. The summed E-state index contributed by atoms with van der Waals surface area (Å²) in [6.07, 6.45) is 2.44. The highest BCUT2D eigenvalue weighted by Gasteiger charge is 2.30. The maximum atomic E-state index is 13.3. The van der Waals surface area contributed by atoms with Crippen molar-refractivity contribution in [3.8, 4) is 5.69 Å². The van der Waals surface area contributed by atoms with Crippen molar-refractivity contribution >= 4 is 50.4 Å². The fourth-order valence-electron chi connectivity index (χ4n) is 4.52. The maximum Gasteiger partial charge on any atom is 0.261 e. The molecular weight excluding hydrogens is 460 g/mol. The number of aryl methyl sites for hydroxylation is 1. The van der Waals surface area contributed by atoms with Crippen LogP contribution in [0.2, 0.25) is 5.02 Å². The van der Waals surface area contributed by atoms with Crippen LogP contribution in [0.5, 0.6) is 0 Å². The molecule has 0 unspecified atom stereocenters. The number of amides is 1. The van der Waals surface area contributed by atoms with Crippen molar-refractivity contribution in [2.75, 3.05) is 13.1 Å². The third kappa shape index (κ3) is 3.99. The lowest BCUT2D eigenvalue weighted by Gasteiger charge is -2.32. The number of nitrogens with zero attached hydrogens (tertiary/aromatic N) is 3. The van der Waals surface area contributed by atoms with Gasteiger partial charge in [-0.1, -0.05) is 29.8 Å². The van der Waals surface area contributed by atoms with Crippen LogP contribution in [0.1, 0.15) is 46.0 Å². The second-order valence-corrected chi connectivity index (χ2v) is 10.7. The van der Waals surface area contributed by atoms with Gasteiger partial charge in [-0.05, 0) is 69.4 Å².